The predicted octanol–water partition coefficient (Wildman–Crippen LogP) is 8.71. The van der Waals surface area contributed by atoms with E-state index in [2.05, 4.69) is 66.0 Å². The minimum absolute atomic E-state index is 0.0244. The van der Waals surface area contributed by atoms with E-state index in [1.54, 1.807) is 12.1 Å². The standard InChI is InChI=1S/C43H63N2O5S/c1-28(2)32-15-20-43(45(48)27-29(3)44-23-25-51(49,50)26-24-44)22-21-41(7)34(37(32)43)13-14-36-40(6)18-16-33(30-9-11-31(12-10-30)38(46)47)39(4,5)35(40)17-19-42(36,41)8/h9-12,16,29,32,34-37H,1,13-15,17-27H2,2-8H3,(H,46,47)/q-1/t29?,32-,34+,35-,36+,37+,40-,41+,42+,43-/m0/s1. The molecule has 7 nitrogen and oxygen atoms in total. The van der Waals surface area contributed by atoms with Crippen LogP contribution >= 0.6 is 0 Å². The van der Waals surface area contributed by atoms with Gasteiger partial charge in [-0.2, -0.15) is 0 Å². The van der Waals surface area contributed by atoms with E-state index in [4.69, 9.17) is 0 Å². The molecule has 1 unspecified atom stereocenters. The van der Waals surface area contributed by atoms with Gasteiger partial charge < -0.3 is 15.4 Å². The van der Waals surface area contributed by atoms with Crippen LogP contribution in [0.3, 0.4) is 0 Å². The lowest BCUT2D eigenvalue weighted by Crippen LogP contribution is -2.68. The number of rotatable bonds is 7. The molecule has 5 fully saturated rings. The van der Waals surface area contributed by atoms with Gasteiger partial charge >= 0.3 is 5.97 Å². The molecular formula is C43H63N2O5S-. The van der Waals surface area contributed by atoms with Crippen LogP contribution in [0.5, 0.6) is 0 Å². The fraction of sp³-hybridized carbons (Fsp3) is 0.744. The van der Waals surface area contributed by atoms with E-state index in [0.717, 1.165) is 44.1 Å². The van der Waals surface area contributed by atoms with Crippen molar-refractivity contribution in [1.29, 1.82) is 0 Å². The van der Waals surface area contributed by atoms with Crippen LogP contribution in [0.1, 0.15) is 122 Å². The van der Waals surface area contributed by atoms with Crippen molar-refractivity contribution in [3.63, 3.8) is 0 Å². The molecule has 1 N–H and O–H groups in total. The number of allylic oxidation sites excluding steroid dienone is 3. The van der Waals surface area contributed by atoms with Crippen LogP contribution in [-0.4, -0.2) is 72.2 Å². The van der Waals surface area contributed by atoms with Crippen molar-refractivity contribution in [3.05, 3.63) is 58.8 Å². The Morgan fingerprint density at radius 3 is 2.25 bits per heavy atom. The van der Waals surface area contributed by atoms with E-state index in [9.17, 15) is 23.5 Å². The number of hydroxylamine groups is 2. The summed E-state index contributed by atoms with van der Waals surface area (Å²) in [6.45, 7) is 23.0. The fourth-order valence-corrected chi connectivity index (χ4v) is 15.4. The Balaban J connectivity index is 1.17. The summed E-state index contributed by atoms with van der Waals surface area (Å²) in [5, 5.41) is 25.7. The highest BCUT2D eigenvalue weighted by molar-refractivity contribution is 7.91. The molecule has 1 heterocycles. The number of carbonyl (C=O) groups is 1. The highest BCUT2D eigenvalue weighted by Gasteiger charge is 2.70. The fourth-order valence-electron chi connectivity index (χ4n) is 14.1. The topological polar surface area (TPSA) is 101 Å². The van der Waals surface area contributed by atoms with E-state index < -0.39 is 15.8 Å². The summed E-state index contributed by atoms with van der Waals surface area (Å²) in [5.41, 5.74) is 4.12. The molecule has 6 aliphatic rings. The van der Waals surface area contributed by atoms with Gasteiger partial charge in [-0.05, 0) is 146 Å². The first kappa shape index (κ1) is 37.3. The zero-order valence-corrected chi connectivity index (χ0v) is 33.2. The summed E-state index contributed by atoms with van der Waals surface area (Å²) < 4.78 is 24.3. The predicted molar refractivity (Wildman–Crippen MR) is 206 cm³/mol. The maximum atomic E-state index is 14.7. The van der Waals surface area contributed by atoms with E-state index in [-0.39, 0.29) is 44.7 Å². The lowest BCUT2D eigenvalue weighted by Gasteiger charge is -2.73. The van der Waals surface area contributed by atoms with Gasteiger partial charge in [-0.3, -0.25) is 4.90 Å². The summed E-state index contributed by atoms with van der Waals surface area (Å²) in [7, 11) is -2.97. The molecule has 8 heteroatoms. The highest BCUT2D eigenvalue weighted by Crippen LogP contribution is 2.77. The molecule has 282 valence electrons. The number of carboxylic acids is 1. The first-order chi connectivity index (χ1) is 23.8. The van der Waals surface area contributed by atoms with E-state index in [1.165, 1.54) is 35.5 Å². The smallest absolute Gasteiger partial charge is 0.335 e. The second-order valence-corrected chi connectivity index (χ2v) is 21.6. The summed E-state index contributed by atoms with van der Waals surface area (Å²) in [6, 6.07) is 7.53. The van der Waals surface area contributed by atoms with Gasteiger partial charge in [0.1, 0.15) is 0 Å². The van der Waals surface area contributed by atoms with Gasteiger partial charge in [-0.1, -0.05) is 65.0 Å². The largest absolute Gasteiger partial charge is 0.785 e. The second-order valence-electron chi connectivity index (χ2n) is 19.3. The van der Waals surface area contributed by atoms with Gasteiger partial charge in [-0.25, -0.2) is 13.2 Å². The Bertz CT molecular complexity index is 1690. The zero-order valence-electron chi connectivity index (χ0n) is 32.3. The van der Waals surface area contributed by atoms with Gasteiger partial charge in [0.25, 0.3) is 0 Å². The van der Waals surface area contributed by atoms with Crippen molar-refractivity contribution in [3.8, 4) is 0 Å². The summed E-state index contributed by atoms with van der Waals surface area (Å²) >= 11 is 0. The number of hydrogen-bond acceptors (Lipinski definition) is 6. The maximum absolute atomic E-state index is 14.7. The normalized spacial score (nSPS) is 42.1. The molecule has 0 bridgehead atoms. The molecule has 10 atom stereocenters. The lowest BCUT2D eigenvalue weighted by molar-refractivity contribution is -0.226. The van der Waals surface area contributed by atoms with Crippen molar-refractivity contribution in [1.82, 2.24) is 9.96 Å². The van der Waals surface area contributed by atoms with Crippen molar-refractivity contribution in [2.75, 3.05) is 31.1 Å². The van der Waals surface area contributed by atoms with Gasteiger partial charge in [0.05, 0.1) is 17.1 Å². The molecular weight excluding hydrogens is 657 g/mol. The number of carboxylic acid groups (broad SMARTS) is 1. The van der Waals surface area contributed by atoms with Crippen molar-refractivity contribution < 1.29 is 18.3 Å². The molecule has 0 amide bonds. The van der Waals surface area contributed by atoms with Crippen LogP contribution in [0, 0.1) is 56.5 Å². The van der Waals surface area contributed by atoms with Gasteiger partial charge in [0, 0.05) is 31.2 Å². The third kappa shape index (κ3) is 5.57. The average Bonchev–Trinajstić information content (AvgIpc) is 3.46. The Kier molecular flexibility index (Phi) is 9.17. The zero-order chi connectivity index (χ0) is 36.9. The molecule has 1 aromatic rings. The van der Waals surface area contributed by atoms with Crippen LogP contribution in [0.25, 0.3) is 5.57 Å². The van der Waals surface area contributed by atoms with E-state index in [0.29, 0.717) is 54.8 Å². The molecule has 0 radical (unpaired) electrons. The number of benzene rings is 1. The lowest BCUT2D eigenvalue weighted by atomic mass is 9.33. The molecule has 7 rings (SSSR count). The Labute approximate surface area is 307 Å². The van der Waals surface area contributed by atoms with Crippen LogP contribution in [0.15, 0.2) is 42.5 Å². The van der Waals surface area contributed by atoms with Crippen LogP contribution in [-0.2, 0) is 9.84 Å². The van der Waals surface area contributed by atoms with E-state index in [1.807, 2.05) is 12.1 Å². The Morgan fingerprint density at radius 1 is 0.961 bits per heavy atom. The molecule has 0 aromatic heterocycles. The van der Waals surface area contributed by atoms with Crippen LogP contribution < -0.4 is 0 Å². The molecule has 51 heavy (non-hydrogen) atoms. The number of aromatic carboxylic acids is 1. The maximum Gasteiger partial charge on any atom is 0.335 e. The minimum atomic E-state index is -2.97. The first-order valence-corrected chi connectivity index (χ1v) is 21.7. The Morgan fingerprint density at radius 2 is 1.63 bits per heavy atom. The number of nitrogens with zero attached hydrogens (tertiary/aromatic N) is 2. The monoisotopic (exact) mass is 719 g/mol. The molecule has 5 aliphatic carbocycles. The first-order valence-electron chi connectivity index (χ1n) is 19.9. The van der Waals surface area contributed by atoms with E-state index >= 15 is 0 Å². The molecule has 1 saturated heterocycles. The van der Waals surface area contributed by atoms with Gasteiger partial charge in [-0.15, -0.1) is 0 Å². The third-order valence-corrected chi connectivity index (χ3v) is 18.6. The summed E-state index contributed by atoms with van der Waals surface area (Å²) in [4.78, 5) is 13.8. The molecule has 1 aromatic carbocycles. The number of sulfone groups is 1. The van der Waals surface area contributed by atoms with Crippen LogP contribution in [0.2, 0.25) is 0 Å². The number of fused-ring (bicyclic) bond motifs is 7. The number of hydrogen-bond donors (Lipinski definition) is 1. The highest BCUT2D eigenvalue weighted by atomic mass is 32.2. The minimum Gasteiger partial charge on any atom is -0.785 e. The van der Waals surface area contributed by atoms with Crippen molar-refractivity contribution >= 4 is 21.4 Å². The SMILES string of the molecule is C=C(C)[C@@H]1CC[C@]2(N([O-])CC(C)N3CCS(=O)(=O)CC3)CC[C@]3(C)[C@H](CC[C@@H]4[C@@]5(C)CC=C(c6ccc(C(=O)O)cc6)C(C)(C)[C@@H]5CC[C@]43C)[C@@H]12. The molecule has 0 spiro atoms. The molecule has 4 saturated carbocycles. The Hall–Kier alpha value is -2.00. The second kappa shape index (κ2) is 12.5. The quantitative estimate of drug-likeness (QED) is 0.222. The van der Waals surface area contributed by atoms with Crippen LogP contribution in [0.4, 0.5) is 0 Å². The van der Waals surface area contributed by atoms with Gasteiger partial charge in [0.2, 0.25) is 0 Å². The van der Waals surface area contributed by atoms with Crippen molar-refractivity contribution in [2.45, 2.75) is 118 Å². The summed E-state index contributed by atoms with van der Waals surface area (Å²) in [5.74, 6) is 1.75. The average molecular weight is 720 g/mol. The molecule has 1 aliphatic heterocycles. The van der Waals surface area contributed by atoms with Gasteiger partial charge in [0.15, 0.2) is 9.84 Å². The summed E-state index contributed by atoms with van der Waals surface area (Å²) in [6.07, 6.45) is 12.3. The third-order valence-electron chi connectivity index (χ3n) is 17.0. The van der Waals surface area contributed by atoms with Crippen molar-refractivity contribution in [2.24, 2.45) is 51.2 Å².